The molecule has 17 heavy (non-hydrogen) atoms. The fraction of sp³-hybridized carbons (Fsp3) is 0.143. The predicted octanol–water partition coefficient (Wildman–Crippen LogP) is 2.88. The summed E-state index contributed by atoms with van der Waals surface area (Å²) in [6, 6.07) is 9.29. The number of carbonyl (C=O) groups is 1. The first-order chi connectivity index (χ1) is 8.24. The van der Waals surface area contributed by atoms with Crippen molar-refractivity contribution in [2.24, 2.45) is 0 Å². The molecule has 3 heteroatoms. The molecule has 1 aromatic heterocycles. The Balaban J connectivity index is 2.45. The SMILES string of the molecule is COc1ccc(-c2cc(C=O)ccn2)cc1C. The van der Waals surface area contributed by atoms with Crippen molar-refractivity contribution in [3.63, 3.8) is 0 Å². The highest BCUT2D eigenvalue weighted by Crippen LogP contribution is 2.24. The number of ether oxygens (including phenoxy) is 1. The van der Waals surface area contributed by atoms with Gasteiger partial charge in [-0.05, 0) is 42.8 Å². The number of aldehydes is 1. The lowest BCUT2D eigenvalue weighted by atomic mass is 10.1. The van der Waals surface area contributed by atoms with Crippen LogP contribution in [0.4, 0.5) is 0 Å². The van der Waals surface area contributed by atoms with Crippen LogP contribution in [0.2, 0.25) is 0 Å². The molecule has 0 unspecified atom stereocenters. The molecule has 2 aromatic rings. The van der Waals surface area contributed by atoms with E-state index in [9.17, 15) is 4.79 Å². The highest BCUT2D eigenvalue weighted by molar-refractivity contribution is 5.77. The monoisotopic (exact) mass is 227 g/mol. The van der Waals surface area contributed by atoms with Crippen LogP contribution in [-0.4, -0.2) is 18.4 Å². The highest BCUT2D eigenvalue weighted by Gasteiger charge is 2.04. The van der Waals surface area contributed by atoms with Gasteiger partial charge in [-0.1, -0.05) is 0 Å². The zero-order valence-electron chi connectivity index (χ0n) is 9.81. The number of benzene rings is 1. The molecule has 1 heterocycles. The molecular formula is C14H13NO2. The summed E-state index contributed by atoms with van der Waals surface area (Å²) in [7, 11) is 1.65. The molecule has 0 aliphatic heterocycles. The highest BCUT2D eigenvalue weighted by atomic mass is 16.5. The molecule has 0 aliphatic rings. The number of pyridine rings is 1. The van der Waals surface area contributed by atoms with Gasteiger partial charge in [0, 0.05) is 17.3 Å². The van der Waals surface area contributed by atoms with E-state index in [1.54, 1.807) is 25.4 Å². The Bertz CT molecular complexity index is 550. The van der Waals surface area contributed by atoms with Gasteiger partial charge in [0.15, 0.2) is 0 Å². The minimum absolute atomic E-state index is 0.628. The molecule has 0 amide bonds. The van der Waals surface area contributed by atoms with Gasteiger partial charge in [0.2, 0.25) is 0 Å². The van der Waals surface area contributed by atoms with Crippen molar-refractivity contribution in [2.45, 2.75) is 6.92 Å². The van der Waals surface area contributed by atoms with Crippen molar-refractivity contribution in [2.75, 3.05) is 7.11 Å². The van der Waals surface area contributed by atoms with Gasteiger partial charge in [0.05, 0.1) is 12.8 Å². The van der Waals surface area contributed by atoms with Crippen LogP contribution in [0.3, 0.4) is 0 Å². The minimum atomic E-state index is 0.628. The molecule has 0 spiro atoms. The van der Waals surface area contributed by atoms with Crippen LogP contribution >= 0.6 is 0 Å². The van der Waals surface area contributed by atoms with E-state index < -0.39 is 0 Å². The van der Waals surface area contributed by atoms with E-state index >= 15 is 0 Å². The van der Waals surface area contributed by atoms with Crippen molar-refractivity contribution in [1.82, 2.24) is 4.98 Å². The Kier molecular flexibility index (Phi) is 3.19. The van der Waals surface area contributed by atoms with Gasteiger partial charge in [0.1, 0.15) is 12.0 Å². The quantitative estimate of drug-likeness (QED) is 0.757. The summed E-state index contributed by atoms with van der Waals surface area (Å²) in [6.07, 6.45) is 2.46. The average Bonchev–Trinajstić information content (AvgIpc) is 2.38. The lowest BCUT2D eigenvalue weighted by molar-refractivity contribution is 0.112. The van der Waals surface area contributed by atoms with Gasteiger partial charge in [-0.3, -0.25) is 9.78 Å². The van der Waals surface area contributed by atoms with E-state index in [1.165, 1.54) is 0 Å². The van der Waals surface area contributed by atoms with Crippen LogP contribution in [0.25, 0.3) is 11.3 Å². The van der Waals surface area contributed by atoms with E-state index in [1.807, 2.05) is 25.1 Å². The first-order valence-electron chi connectivity index (χ1n) is 5.31. The number of aromatic nitrogens is 1. The fourth-order valence-electron chi connectivity index (χ4n) is 1.72. The van der Waals surface area contributed by atoms with Crippen molar-refractivity contribution in [1.29, 1.82) is 0 Å². The number of rotatable bonds is 3. The Labute approximate surface area is 100 Å². The number of methoxy groups -OCH3 is 1. The summed E-state index contributed by atoms with van der Waals surface area (Å²) < 4.78 is 5.20. The van der Waals surface area contributed by atoms with Crippen molar-refractivity contribution in [3.8, 4) is 17.0 Å². The van der Waals surface area contributed by atoms with Crippen LogP contribution in [0.1, 0.15) is 15.9 Å². The number of carbonyl (C=O) groups excluding carboxylic acids is 1. The second-order valence-electron chi connectivity index (χ2n) is 3.78. The topological polar surface area (TPSA) is 39.2 Å². The summed E-state index contributed by atoms with van der Waals surface area (Å²) in [5.74, 6) is 0.847. The van der Waals surface area contributed by atoms with E-state index in [4.69, 9.17) is 4.74 Å². The Morgan fingerprint density at radius 1 is 1.24 bits per heavy atom. The largest absolute Gasteiger partial charge is 0.496 e. The number of hydrogen-bond acceptors (Lipinski definition) is 3. The summed E-state index contributed by atoms with van der Waals surface area (Å²) in [5.41, 5.74) is 3.44. The standard InChI is InChI=1S/C14H13NO2/c1-10-7-12(3-4-14(10)17-2)13-8-11(9-16)5-6-15-13/h3-9H,1-2H3. The molecule has 1 aromatic carbocycles. The van der Waals surface area contributed by atoms with E-state index in [2.05, 4.69) is 4.98 Å². The fourth-order valence-corrected chi connectivity index (χ4v) is 1.72. The predicted molar refractivity (Wildman–Crippen MR) is 66.3 cm³/mol. The second kappa shape index (κ2) is 4.78. The summed E-state index contributed by atoms with van der Waals surface area (Å²) in [4.78, 5) is 15.0. The summed E-state index contributed by atoms with van der Waals surface area (Å²) in [6.45, 7) is 1.98. The third-order valence-electron chi connectivity index (χ3n) is 2.61. The average molecular weight is 227 g/mol. The normalized spacial score (nSPS) is 10.0. The third-order valence-corrected chi connectivity index (χ3v) is 2.61. The molecule has 0 N–H and O–H groups in total. The number of aryl methyl sites for hydroxylation is 1. The maximum Gasteiger partial charge on any atom is 0.150 e. The second-order valence-corrected chi connectivity index (χ2v) is 3.78. The van der Waals surface area contributed by atoms with Gasteiger partial charge in [-0.2, -0.15) is 0 Å². The molecule has 86 valence electrons. The van der Waals surface area contributed by atoms with Crippen molar-refractivity contribution in [3.05, 3.63) is 47.7 Å². The van der Waals surface area contributed by atoms with Crippen LogP contribution in [-0.2, 0) is 0 Å². The first-order valence-corrected chi connectivity index (χ1v) is 5.31. The maximum atomic E-state index is 10.7. The molecule has 0 saturated heterocycles. The van der Waals surface area contributed by atoms with Gasteiger partial charge >= 0.3 is 0 Å². The molecule has 0 fully saturated rings. The number of nitrogens with zero attached hydrogens (tertiary/aromatic N) is 1. The van der Waals surface area contributed by atoms with Crippen molar-refractivity contribution < 1.29 is 9.53 Å². The molecule has 2 rings (SSSR count). The van der Waals surface area contributed by atoms with Crippen LogP contribution < -0.4 is 4.74 Å². The Morgan fingerprint density at radius 2 is 2.06 bits per heavy atom. The van der Waals surface area contributed by atoms with Crippen LogP contribution in [0, 0.1) is 6.92 Å². The molecule has 3 nitrogen and oxygen atoms in total. The molecule has 0 aliphatic carbocycles. The smallest absolute Gasteiger partial charge is 0.150 e. The van der Waals surface area contributed by atoms with E-state index in [0.29, 0.717) is 5.56 Å². The van der Waals surface area contributed by atoms with Gasteiger partial charge in [-0.25, -0.2) is 0 Å². The van der Waals surface area contributed by atoms with Crippen LogP contribution in [0.5, 0.6) is 5.75 Å². The van der Waals surface area contributed by atoms with Gasteiger partial charge in [0.25, 0.3) is 0 Å². The third kappa shape index (κ3) is 2.33. The molecule has 0 radical (unpaired) electrons. The van der Waals surface area contributed by atoms with Crippen LogP contribution in [0.15, 0.2) is 36.5 Å². The molecular weight excluding hydrogens is 214 g/mol. The zero-order chi connectivity index (χ0) is 12.3. The molecule has 0 atom stereocenters. The Morgan fingerprint density at radius 3 is 2.71 bits per heavy atom. The van der Waals surface area contributed by atoms with E-state index in [0.717, 1.165) is 28.9 Å². The lowest BCUT2D eigenvalue weighted by Gasteiger charge is -2.07. The molecule has 0 saturated carbocycles. The maximum absolute atomic E-state index is 10.7. The minimum Gasteiger partial charge on any atom is -0.496 e. The first kappa shape index (κ1) is 11.3. The van der Waals surface area contributed by atoms with Gasteiger partial charge in [-0.15, -0.1) is 0 Å². The summed E-state index contributed by atoms with van der Waals surface area (Å²) in [5, 5.41) is 0. The lowest BCUT2D eigenvalue weighted by Crippen LogP contribution is -1.90. The van der Waals surface area contributed by atoms with Gasteiger partial charge < -0.3 is 4.74 Å². The van der Waals surface area contributed by atoms with E-state index in [-0.39, 0.29) is 0 Å². The number of hydrogen-bond donors (Lipinski definition) is 0. The van der Waals surface area contributed by atoms with Crippen molar-refractivity contribution >= 4 is 6.29 Å². The Hall–Kier alpha value is -2.16. The zero-order valence-corrected chi connectivity index (χ0v) is 9.81. The molecule has 0 bridgehead atoms. The summed E-state index contributed by atoms with van der Waals surface area (Å²) >= 11 is 0.